The molecule has 0 saturated carbocycles. The predicted molar refractivity (Wildman–Crippen MR) is 123 cm³/mol. The maximum absolute atomic E-state index is 5.17. The minimum Gasteiger partial charge on any atom is -0.285 e. The second-order valence-corrected chi connectivity index (χ2v) is 10.5. The van der Waals surface area contributed by atoms with Crippen molar-refractivity contribution < 1.29 is 0 Å². The van der Waals surface area contributed by atoms with Crippen LogP contribution in [0.15, 0.2) is 28.8 Å². The van der Waals surface area contributed by atoms with Crippen LogP contribution in [-0.4, -0.2) is 23.3 Å². The molecule has 150 valence electrons. The minimum atomic E-state index is -0.0380. The molecule has 1 nitrogen and oxygen atoms in total. The Bertz CT molecular complexity index is 539. The number of nitrogens with zero attached hydrogens (tertiary/aromatic N) is 1. The van der Waals surface area contributed by atoms with Crippen LogP contribution in [0.5, 0.6) is 0 Å². The Kier molecular flexibility index (Phi) is 8.26. The van der Waals surface area contributed by atoms with Gasteiger partial charge in [-0.2, -0.15) is 11.8 Å². The molecule has 0 aromatic rings. The van der Waals surface area contributed by atoms with Crippen molar-refractivity contribution in [2.24, 2.45) is 27.7 Å². The third-order valence-corrected chi connectivity index (χ3v) is 7.81. The fraction of sp³-hybridized carbons (Fsp3) is 0.792. The smallest absolute Gasteiger partial charge is 0.0877 e. The first-order chi connectivity index (χ1) is 12.0. The Morgan fingerprint density at radius 1 is 1.12 bits per heavy atom. The highest BCUT2D eigenvalue weighted by Gasteiger charge is 2.55. The maximum Gasteiger partial charge on any atom is 0.0877 e. The first-order valence-corrected chi connectivity index (χ1v) is 11.8. The Morgan fingerprint density at radius 3 is 2.08 bits per heavy atom. The van der Waals surface area contributed by atoms with Gasteiger partial charge in [-0.05, 0) is 56.6 Å². The minimum absolute atomic E-state index is 0.0380. The molecule has 0 aromatic heterocycles. The number of hydrogen-bond acceptors (Lipinski definition) is 2. The summed E-state index contributed by atoms with van der Waals surface area (Å²) in [6.07, 6.45) is 15.1. The van der Waals surface area contributed by atoms with E-state index >= 15 is 0 Å². The first-order valence-electron chi connectivity index (χ1n) is 10.5. The number of hydrogen-bond donors (Lipinski definition) is 0. The Hall–Kier alpha value is -0.500. The summed E-state index contributed by atoms with van der Waals surface area (Å²) >= 11 is 1.86. The number of rotatable bonds is 9. The van der Waals surface area contributed by atoms with Crippen molar-refractivity contribution in [3.05, 3.63) is 23.8 Å². The molecule has 0 bridgehead atoms. The van der Waals surface area contributed by atoms with Crippen molar-refractivity contribution in [2.45, 2.75) is 92.4 Å². The van der Waals surface area contributed by atoms with E-state index in [1.165, 1.54) is 12.0 Å². The maximum atomic E-state index is 5.17. The van der Waals surface area contributed by atoms with Crippen molar-refractivity contribution in [3.63, 3.8) is 0 Å². The van der Waals surface area contributed by atoms with E-state index in [2.05, 4.69) is 93.0 Å². The molecule has 26 heavy (non-hydrogen) atoms. The van der Waals surface area contributed by atoms with Crippen LogP contribution in [0.1, 0.15) is 81.6 Å². The van der Waals surface area contributed by atoms with Gasteiger partial charge in [0, 0.05) is 16.9 Å². The fourth-order valence-electron chi connectivity index (χ4n) is 4.59. The van der Waals surface area contributed by atoms with Crippen molar-refractivity contribution in [1.29, 1.82) is 0 Å². The molecule has 0 fully saturated rings. The lowest BCUT2D eigenvalue weighted by molar-refractivity contribution is 0.120. The van der Waals surface area contributed by atoms with Crippen LogP contribution in [0.25, 0.3) is 0 Å². The van der Waals surface area contributed by atoms with Crippen LogP contribution >= 0.6 is 11.8 Å². The van der Waals surface area contributed by atoms with Crippen LogP contribution in [0.2, 0.25) is 0 Å². The number of allylic oxidation sites excluding steroid dienone is 2. The van der Waals surface area contributed by atoms with E-state index in [9.17, 15) is 0 Å². The molecule has 1 rings (SSSR count). The summed E-state index contributed by atoms with van der Waals surface area (Å²) in [5.74, 6) is 1.13. The molecule has 5 atom stereocenters. The summed E-state index contributed by atoms with van der Waals surface area (Å²) in [5, 5.41) is 0.472. The van der Waals surface area contributed by atoms with Crippen molar-refractivity contribution in [3.8, 4) is 0 Å². The zero-order valence-electron chi connectivity index (χ0n) is 19.0. The normalized spacial score (nSPS) is 30.3. The number of thioether (sulfide) groups is 1. The lowest BCUT2D eigenvalue weighted by Gasteiger charge is -2.55. The molecule has 0 aliphatic heterocycles. The van der Waals surface area contributed by atoms with Crippen molar-refractivity contribution >= 4 is 18.0 Å². The average Bonchev–Trinajstić information content (AvgIpc) is 2.58. The second kappa shape index (κ2) is 9.13. The van der Waals surface area contributed by atoms with Crippen LogP contribution in [0.4, 0.5) is 0 Å². The van der Waals surface area contributed by atoms with E-state index in [0.717, 1.165) is 12.8 Å². The van der Waals surface area contributed by atoms with E-state index < -0.39 is 0 Å². The molecule has 0 spiro atoms. The third-order valence-electron chi connectivity index (χ3n) is 6.95. The van der Waals surface area contributed by atoms with E-state index in [4.69, 9.17) is 4.99 Å². The van der Waals surface area contributed by atoms with Crippen LogP contribution < -0.4 is 0 Å². The SMILES string of the molecule is CCC(/C=C(/C)[C@@H](C)C1(CC)C=CC1(CC)N=CC(C)SC)C(C)(C)C. The van der Waals surface area contributed by atoms with Gasteiger partial charge in [-0.1, -0.05) is 72.3 Å². The summed E-state index contributed by atoms with van der Waals surface area (Å²) in [6.45, 7) is 21.0. The van der Waals surface area contributed by atoms with E-state index in [-0.39, 0.29) is 11.0 Å². The van der Waals surface area contributed by atoms with Crippen LogP contribution in [0.3, 0.4) is 0 Å². The molecule has 0 saturated heterocycles. The lowest BCUT2D eigenvalue weighted by atomic mass is 9.52. The predicted octanol–water partition coefficient (Wildman–Crippen LogP) is 7.58. The molecule has 2 heteroatoms. The summed E-state index contributed by atoms with van der Waals surface area (Å²) in [7, 11) is 0. The Labute approximate surface area is 168 Å². The molecule has 0 radical (unpaired) electrons. The van der Waals surface area contributed by atoms with Gasteiger partial charge in [0.2, 0.25) is 0 Å². The second-order valence-electron chi connectivity index (χ2n) is 9.24. The van der Waals surface area contributed by atoms with Gasteiger partial charge in [-0.25, -0.2) is 0 Å². The molecular weight excluding hydrogens is 334 g/mol. The summed E-state index contributed by atoms with van der Waals surface area (Å²) in [4.78, 5) is 5.17. The summed E-state index contributed by atoms with van der Waals surface area (Å²) in [6, 6.07) is 0. The summed E-state index contributed by atoms with van der Waals surface area (Å²) < 4.78 is 0. The topological polar surface area (TPSA) is 12.4 Å². The quantitative estimate of drug-likeness (QED) is 0.298. The van der Waals surface area contributed by atoms with Gasteiger partial charge in [-0.3, -0.25) is 4.99 Å². The first kappa shape index (κ1) is 23.5. The zero-order chi connectivity index (χ0) is 20.2. The largest absolute Gasteiger partial charge is 0.285 e. The van der Waals surface area contributed by atoms with Crippen LogP contribution in [0, 0.1) is 22.7 Å². The fourth-order valence-corrected chi connectivity index (χ4v) is 4.77. The highest BCUT2D eigenvalue weighted by Crippen LogP contribution is 2.57. The van der Waals surface area contributed by atoms with E-state index in [0.29, 0.717) is 22.5 Å². The van der Waals surface area contributed by atoms with Crippen molar-refractivity contribution in [2.75, 3.05) is 6.26 Å². The van der Waals surface area contributed by atoms with Crippen LogP contribution in [-0.2, 0) is 0 Å². The highest BCUT2D eigenvalue weighted by atomic mass is 32.2. The van der Waals surface area contributed by atoms with Gasteiger partial charge in [0.25, 0.3) is 0 Å². The average molecular weight is 378 g/mol. The van der Waals surface area contributed by atoms with Gasteiger partial charge < -0.3 is 0 Å². The Balaban J connectivity index is 3.23. The Morgan fingerprint density at radius 2 is 1.73 bits per heavy atom. The molecule has 0 N–H and O–H groups in total. The monoisotopic (exact) mass is 377 g/mol. The van der Waals surface area contributed by atoms with Gasteiger partial charge >= 0.3 is 0 Å². The molecule has 0 aromatic carbocycles. The number of aliphatic imine (C=N–C) groups is 1. The van der Waals surface area contributed by atoms with Gasteiger partial charge in [0.15, 0.2) is 0 Å². The lowest BCUT2D eigenvalue weighted by Crippen LogP contribution is -2.54. The zero-order valence-corrected chi connectivity index (χ0v) is 19.8. The molecule has 4 unspecified atom stereocenters. The standard InChI is InChI=1S/C24H43NS/c1-11-21(22(7,8)9)16-18(4)20(6)23(12-2)14-15-24(23,13-3)25-17-19(5)26-10/h14-17,19-21H,11-13H2,1-10H3/b18-16-,25-17?/t19?,20-,21?,23?,24?/m1/s1. The summed E-state index contributed by atoms with van der Waals surface area (Å²) in [5.41, 5.74) is 1.96. The third kappa shape index (κ3) is 4.49. The van der Waals surface area contributed by atoms with Gasteiger partial charge in [0.1, 0.15) is 0 Å². The molecular formula is C24H43NS. The van der Waals surface area contributed by atoms with Gasteiger partial charge in [-0.15, -0.1) is 0 Å². The molecule has 0 amide bonds. The molecule has 0 heterocycles. The highest BCUT2D eigenvalue weighted by molar-refractivity contribution is 7.99. The van der Waals surface area contributed by atoms with Gasteiger partial charge in [0.05, 0.1) is 5.54 Å². The van der Waals surface area contributed by atoms with E-state index in [1.54, 1.807) is 0 Å². The molecule has 1 aliphatic rings. The van der Waals surface area contributed by atoms with E-state index in [1.807, 2.05) is 11.8 Å². The van der Waals surface area contributed by atoms with Crippen molar-refractivity contribution in [1.82, 2.24) is 0 Å². The molecule has 1 aliphatic carbocycles.